The molecule has 1 aromatic carbocycles. The monoisotopic (exact) mass is 377 g/mol. The van der Waals surface area contributed by atoms with Gasteiger partial charge in [-0.25, -0.2) is 13.9 Å². The summed E-state index contributed by atoms with van der Waals surface area (Å²) in [7, 11) is 0. The van der Waals surface area contributed by atoms with Crippen molar-refractivity contribution in [2.45, 2.75) is 25.3 Å². The number of anilines is 1. The van der Waals surface area contributed by atoms with Crippen LogP contribution in [0, 0.1) is 16.4 Å². The van der Waals surface area contributed by atoms with E-state index in [9.17, 15) is 13.6 Å². The highest BCUT2D eigenvalue weighted by Crippen LogP contribution is 2.32. The largest absolute Gasteiger partial charge is 0.337 e. The molecule has 0 radical (unpaired) electrons. The zero-order valence-corrected chi connectivity index (χ0v) is 14.1. The molecule has 3 N–H and O–H groups in total. The number of halogens is 2. The van der Waals surface area contributed by atoms with Crippen molar-refractivity contribution in [2.24, 2.45) is 0 Å². The quantitative estimate of drug-likeness (QED) is 0.608. The van der Waals surface area contributed by atoms with E-state index in [0.717, 1.165) is 6.07 Å². The average Bonchev–Trinajstić information content (AvgIpc) is 3.23. The van der Waals surface area contributed by atoms with E-state index in [1.165, 1.54) is 12.3 Å². The van der Waals surface area contributed by atoms with Crippen molar-refractivity contribution in [1.29, 1.82) is 0 Å². The first kappa shape index (κ1) is 16.5. The van der Waals surface area contributed by atoms with E-state index < -0.39 is 17.5 Å². The maximum absolute atomic E-state index is 13.9. The van der Waals surface area contributed by atoms with Gasteiger partial charge in [0.05, 0.1) is 0 Å². The molecule has 3 aromatic rings. The molecular weight excluding hydrogens is 364 g/mol. The van der Waals surface area contributed by atoms with E-state index in [-0.39, 0.29) is 17.7 Å². The molecule has 0 spiro atoms. The standard InChI is InChI=1S/C15H13F2N7OS/c16-8-3-7-4-9(1-2-10(7)11(17)5-8)24-12(6-18-15(24)26)13(25)19-14-20-22-23-21-14/h3,5-6,9H,1-2,4H2,(H,18,26)(H2,19,20,21,22,23,25). The predicted molar refractivity (Wildman–Crippen MR) is 89.2 cm³/mol. The first-order chi connectivity index (χ1) is 12.5. The van der Waals surface area contributed by atoms with E-state index in [0.29, 0.717) is 35.2 Å². The molecule has 2 heterocycles. The van der Waals surface area contributed by atoms with Crippen molar-refractivity contribution >= 4 is 24.1 Å². The summed E-state index contributed by atoms with van der Waals surface area (Å²) in [5.74, 6) is -1.50. The summed E-state index contributed by atoms with van der Waals surface area (Å²) in [4.78, 5) is 15.4. The summed E-state index contributed by atoms with van der Waals surface area (Å²) in [6.45, 7) is 0. The summed E-state index contributed by atoms with van der Waals surface area (Å²) in [5, 5.41) is 15.3. The number of carbonyl (C=O) groups is 1. The number of carbonyl (C=O) groups excluding carboxylic acids is 1. The summed E-state index contributed by atoms with van der Waals surface area (Å²) in [6.07, 6.45) is 2.88. The third kappa shape index (κ3) is 2.90. The van der Waals surface area contributed by atoms with Crippen LogP contribution in [0.2, 0.25) is 0 Å². The highest BCUT2D eigenvalue weighted by molar-refractivity contribution is 7.71. The van der Waals surface area contributed by atoms with Crippen LogP contribution < -0.4 is 5.32 Å². The first-order valence-corrected chi connectivity index (χ1v) is 8.25. The predicted octanol–water partition coefficient (Wildman–Crippen LogP) is 2.32. The van der Waals surface area contributed by atoms with E-state index >= 15 is 0 Å². The molecule has 1 aliphatic rings. The van der Waals surface area contributed by atoms with Gasteiger partial charge in [-0.3, -0.25) is 10.1 Å². The molecule has 134 valence electrons. The minimum absolute atomic E-state index is 0.104. The second-order valence-electron chi connectivity index (χ2n) is 5.97. The molecule has 26 heavy (non-hydrogen) atoms. The number of imidazole rings is 1. The van der Waals surface area contributed by atoms with Gasteiger partial charge in [0.2, 0.25) is 5.95 Å². The Morgan fingerprint density at radius 1 is 1.38 bits per heavy atom. The van der Waals surface area contributed by atoms with Gasteiger partial charge in [0.25, 0.3) is 5.91 Å². The third-order valence-electron chi connectivity index (χ3n) is 4.42. The summed E-state index contributed by atoms with van der Waals surface area (Å²) < 4.78 is 29.5. The Morgan fingerprint density at radius 3 is 3.00 bits per heavy atom. The summed E-state index contributed by atoms with van der Waals surface area (Å²) >= 11 is 5.30. The molecule has 0 fully saturated rings. The Hall–Kier alpha value is -2.95. The maximum Gasteiger partial charge on any atom is 0.276 e. The lowest BCUT2D eigenvalue weighted by Gasteiger charge is -2.27. The Balaban J connectivity index is 1.65. The average molecular weight is 377 g/mol. The van der Waals surface area contributed by atoms with Gasteiger partial charge >= 0.3 is 0 Å². The highest BCUT2D eigenvalue weighted by atomic mass is 32.1. The second kappa shape index (κ2) is 6.41. The number of hydrogen-bond acceptors (Lipinski definition) is 5. The fourth-order valence-electron chi connectivity index (χ4n) is 3.31. The van der Waals surface area contributed by atoms with Crippen molar-refractivity contribution in [3.05, 3.63) is 51.6 Å². The van der Waals surface area contributed by atoms with Gasteiger partial charge in [-0.15, -0.1) is 0 Å². The number of H-pyrrole nitrogens is 2. The summed E-state index contributed by atoms with van der Waals surface area (Å²) in [6, 6.07) is 2.03. The van der Waals surface area contributed by atoms with Gasteiger partial charge in [-0.05, 0) is 59.1 Å². The Labute approximate surface area is 150 Å². The van der Waals surface area contributed by atoms with Gasteiger partial charge < -0.3 is 9.55 Å². The van der Waals surface area contributed by atoms with Crippen molar-refractivity contribution in [3.8, 4) is 0 Å². The first-order valence-electron chi connectivity index (χ1n) is 7.84. The number of hydrogen-bond donors (Lipinski definition) is 3. The van der Waals surface area contributed by atoms with Gasteiger partial charge in [0, 0.05) is 18.3 Å². The Morgan fingerprint density at radius 2 is 2.23 bits per heavy atom. The number of nitrogens with zero attached hydrogens (tertiary/aromatic N) is 4. The maximum atomic E-state index is 13.9. The van der Waals surface area contributed by atoms with Crippen LogP contribution in [-0.2, 0) is 12.8 Å². The number of tetrazole rings is 1. The lowest BCUT2D eigenvalue weighted by molar-refractivity contribution is 0.101. The third-order valence-corrected chi connectivity index (χ3v) is 4.74. The minimum atomic E-state index is -0.615. The van der Waals surface area contributed by atoms with Gasteiger partial charge in [-0.2, -0.15) is 0 Å². The minimum Gasteiger partial charge on any atom is -0.337 e. The molecule has 1 amide bonds. The normalized spacial score (nSPS) is 16.3. The van der Waals surface area contributed by atoms with Crippen molar-refractivity contribution in [1.82, 2.24) is 30.2 Å². The second-order valence-corrected chi connectivity index (χ2v) is 6.36. The van der Waals surface area contributed by atoms with Crippen LogP contribution in [0.15, 0.2) is 18.3 Å². The lowest BCUT2D eigenvalue weighted by atomic mass is 9.87. The van der Waals surface area contributed by atoms with Gasteiger partial charge in [0.15, 0.2) is 4.77 Å². The fourth-order valence-corrected chi connectivity index (χ4v) is 3.61. The Kier molecular flexibility index (Phi) is 4.07. The topological polar surface area (TPSA) is 104 Å². The van der Waals surface area contributed by atoms with Crippen LogP contribution in [-0.4, -0.2) is 36.1 Å². The zero-order valence-electron chi connectivity index (χ0n) is 13.3. The smallest absolute Gasteiger partial charge is 0.276 e. The molecule has 0 aliphatic heterocycles. The van der Waals surface area contributed by atoms with Crippen molar-refractivity contribution < 1.29 is 13.6 Å². The molecule has 0 bridgehead atoms. The lowest BCUT2D eigenvalue weighted by Crippen LogP contribution is -2.25. The number of aromatic nitrogens is 6. The van der Waals surface area contributed by atoms with E-state index in [4.69, 9.17) is 12.2 Å². The molecular formula is C15H13F2N7OS. The van der Waals surface area contributed by atoms with Crippen LogP contribution in [0.1, 0.15) is 34.1 Å². The molecule has 0 saturated heterocycles. The van der Waals surface area contributed by atoms with Crippen molar-refractivity contribution in [3.63, 3.8) is 0 Å². The van der Waals surface area contributed by atoms with Crippen LogP contribution in [0.4, 0.5) is 14.7 Å². The highest BCUT2D eigenvalue weighted by Gasteiger charge is 2.27. The Bertz CT molecular complexity index is 1030. The van der Waals surface area contributed by atoms with E-state index in [1.807, 2.05) is 0 Å². The summed E-state index contributed by atoms with van der Waals surface area (Å²) in [5.41, 5.74) is 1.40. The number of rotatable bonds is 3. The molecule has 1 aliphatic carbocycles. The molecule has 1 atom stereocenters. The van der Waals surface area contributed by atoms with E-state index in [2.05, 4.69) is 30.9 Å². The number of nitrogens with one attached hydrogen (secondary N) is 3. The molecule has 11 heteroatoms. The molecule has 0 saturated carbocycles. The number of aromatic amines is 2. The van der Waals surface area contributed by atoms with E-state index in [1.54, 1.807) is 4.57 Å². The SMILES string of the molecule is O=C(Nc1nnn[nH]1)c1c[nH]c(=S)n1C1CCc2c(F)cc(F)cc2C1. The molecule has 8 nitrogen and oxygen atoms in total. The fraction of sp³-hybridized carbons (Fsp3) is 0.267. The van der Waals surface area contributed by atoms with Crippen LogP contribution >= 0.6 is 12.2 Å². The van der Waals surface area contributed by atoms with Gasteiger partial charge in [-0.1, -0.05) is 5.10 Å². The van der Waals surface area contributed by atoms with Crippen LogP contribution in [0.25, 0.3) is 0 Å². The number of benzene rings is 1. The molecule has 1 unspecified atom stereocenters. The number of fused-ring (bicyclic) bond motifs is 1. The molecule has 2 aromatic heterocycles. The molecule has 4 rings (SSSR count). The van der Waals surface area contributed by atoms with Crippen LogP contribution in [0.3, 0.4) is 0 Å². The van der Waals surface area contributed by atoms with Crippen LogP contribution in [0.5, 0.6) is 0 Å². The zero-order chi connectivity index (χ0) is 18.3. The van der Waals surface area contributed by atoms with Gasteiger partial charge in [0.1, 0.15) is 17.3 Å². The van der Waals surface area contributed by atoms with Crippen molar-refractivity contribution in [2.75, 3.05) is 5.32 Å². The number of amides is 1.